The summed E-state index contributed by atoms with van der Waals surface area (Å²) >= 11 is 3.28. The summed E-state index contributed by atoms with van der Waals surface area (Å²) in [5, 5.41) is 12.6. The van der Waals surface area contributed by atoms with Crippen molar-refractivity contribution in [1.82, 2.24) is 10.1 Å². The van der Waals surface area contributed by atoms with Gasteiger partial charge in [0.15, 0.2) is 6.61 Å². The second-order valence-corrected chi connectivity index (χ2v) is 4.32. The Balaban J connectivity index is 2.13. The summed E-state index contributed by atoms with van der Waals surface area (Å²) in [5.41, 5.74) is 0.150. The molecule has 18 heavy (non-hydrogen) atoms. The number of aromatic carboxylic acids is 1. The molecule has 0 aliphatic heterocycles. The predicted octanol–water partition coefficient (Wildman–Crippen LogP) is 2.42. The molecule has 2 rings (SSSR count). The van der Waals surface area contributed by atoms with Crippen LogP contribution in [0.5, 0.6) is 5.75 Å². The van der Waals surface area contributed by atoms with E-state index < -0.39 is 5.97 Å². The third-order valence-electron chi connectivity index (χ3n) is 2.10. The number of carboxylic acid groups (broad SMARTS) is 1. The number of carboxylic acids is 1. The van der Waals surface area contributed by atoms with Crippen molar-refractivity contribution in [2.24, 2.45) is 0 Å². The molecule has 0 fully saturated rings. The van der Waals surface area contributed by atoms with Crippen LogP contribution in [0.15, 0.2) is 27.2 Å². The highest BCUT2D eigenvalue weighted by molar-refractivity contribution is 9.10. The molecule has 6 nitrogen and oxygen atoms in total. The van der Waals surface area contributed by atoms with Crippen molar-refractivity contribution in [3.8, 4) is 5.75 Å². The van der Waals surface area contributed by atoms with Gasteiger partial charge >= 0.3 is 5.97 Å². The lowest BCUT2D eigenvalue weighted by Gasteiger charge is -2.06. The van der Waals surface area contributed by atoms with Crippen molar-refractivity contribution in [3.63, 3.8) is 0 Å². The van der Waals surface area contributed by atoms with Crippen LogP contribution in [-0.2, 0) is 6.61 Å². The molecule has 0 amide bonds. The lowest BCUT2D eigenvalue weighted by molar-refractivity contribution is 0.0696. The topological polar surface area (TPSA) is 85.5 Å². The van der Waals surface area contributed by atoms with Crippen molar-refractivity contribution < 1.29 is 19.2 Å². The highest BCUT2D eigenvalue weighted by atomic mass is 79.9. The maximum absolute atomic E-state index is 10.8. The first-order chi connectivity index (χ1) is 8.56. The van der Waals surface area contributed by atoms with Crippen molar-refractivity contribution >= 4 is 21.9 Å². The molecular formula is C11H9BrN2O4. The summed E-state index contributed by atoms with van der Waals surface area (Å²) < 4.78 is 10.9. The molecule has 0 radical (unpaired) electrons. The molecule has 1 heterocycles. The summed E-state index contributed by atoms with van der Waals surface area (Å²) in [7, 11) is 0. The average Bonchev–Trinajstić information content (AvgIpc) is 2.74. The van der Waals surface area contributed by atoms with Crippen LogP contribution in [0.4, 0.5) is 0 Å². The molecule has 94 valence electrons. The summed E-state index contributed by atoms with van der Waals surface area (Å²) in [6.45, 7) is 1.79. The van der Waals surface area contributed by atoms with Crippen LogP contribution < -0.4 is 4.74 Å². The normalized spacial score (nSPS) is 10.3. The van der Waals surface area contributed by atoms with Crippen LogP contribution in [0.3, 0.4) is 0 Å². The number of ether oxygens (including phenoxy) is 1. The van der Waals surface area contributed by atoms with E-state index in [-0.39, 0.29) is 12.2 Å². The molecule has 0 atom stereocenters. The zero-order valence-corrected chi connectivity index (χ0v) is 11.0. The summed E-state index contributed by atoms with van der Waals surface area (Å²) in [4.78, 5) is 14.8. The Morgan fingerprint density at radius 3 is 2.94 bits per heavy atom. The van der Waals surface area contributed by atoms with Gasteiger partial charge in [-0.1, -0.05) is 5.16 Å². The first-order valence-corrected chi connectivity index (χ1v) is 5.80. The Morgan fingerprint density at radius 1 is 1.56 bits per heavy atom. The Bertz CT molecular complexity index is 582. The summed E-state index contributed by atoms with van der Waals surface area (Å²) in [5.74, 6) is 0.257. The number of aryl methyl sites for hydroxylation is 1. The number of halogens is 1. The van der Waals surface area contributed by atoms with Gasteiger partial charge in [0.05, 0.1) is 10.0 Å². The van der Waals surface area contributed by atoms with E-state index >= 15 is 0 Å². The second kappa shape index (κ2) is 5.18. The zero-order chi connectivity index (χ0) is 13.1. The van der Waals surface area contributed by atoms with Crippen LogP contribution in [0, 0.1) is 6.92 Å². The largest absolute Gasteiger partial charge is 0.484 e. The number of hydrogen-bond donors (Lipinski definition) is 1. The van der Waals surface area contributed by atoms with E-state index in [0.29, 0.717) is 21.9 Å². The lowest BCUT2D eigenvalue weighted by atomic mass is 10.2. The first-order valence-electron chi connectivity index (χ1n) is 5.01. The minimum atomic E-state index is -1.01. The molecular weight excluding hydrogens is 304 g/mol. The van der Waals surface area contributed by atoms with Gasteiger partial charge in [0.25, 0.3) is 0 Å². The van der Waals surface area contributed by atoms with Gasteiger partial charge < -0.3 is 14.4 Å². The monoisotopic (exact) mass is 312 g/mol. The molecule has 0 saturated carbocycles. The van der Waals surface area contributed by atoms with Crippen molar-refractivity contribution in [3.05, 3.63) is 40.0 Å². The van der Waals surface area contributed by atoms with E-state index in [1.165, 1.54) is 12.1 Å². The van der Waals surface area contributed by atoms with Gasteiger partial charge in [-0.2, -0.15) is 4.98 Å². The van der Waals surface area contributed by atoms with Crippen molar-refractivity contribution in [2.75, 3.05) is 0 Å². The van der Waals surface area contributed by atoms with Gasteiger partial charge in [-0.05, 0) is 34.1 Å². The lowest BCUT2D eigenvalue weighted by Crippen LogP contribution is -2.01. The summed E-state index contributed by atoms with van der Waals surface area (Å²) in [6, 6.07) is 4.53. The molecule has 0 unspecified atom stereocenters. The third-order valence-corrected chi connectivity index (χ3v) is 2.76. The highest BCUT2D eigenvalue weighted by Gasteiger charge is 2.09. The fourth-order valence-corrected chi connectivity index (χ4v) is 1.65. The Labute approximate surface area is 111 Å². The number of nitrogens with zero attached hydrogens (tertiary/aromatic N) is 2. The van der Waals surface area contributed by atoms with Crippen LogP contribution in [0.25, 0.3) is 0 Å². The SMILES string of the molecule is Cc1nc(COc2cc(C(=O)O)ccc2Br)no1. The van der Waals surface area contributed by atoms with E-state index in [4.69, 9.17) is 14.4 Å². The van der Waals surface area contributed by atoms with Gasteiger partial charge in [-0.25, -0.2) is 4.79 Å². The fourth-order valence-electron chi connectivity index (χ4n) is 1.29. The highest BCUT2D eigenvalue weighted by Crippen LogP contribution is 2.26. The smallest absolute Gasteiger partial charge is 0.335 e. The fraction of sp³-hybridized carbons (Fsp3) is 0.182. The molecule has 1 N–H and O–H groups in total. The zero-order valence-electron chi connectivity index (χ0n) is 9.38. The average molecular weight is 313 g/mol. The minimum Gasteiger partial charge on any atom is -0.484 e. The molecule has 7 heteroatoms. The summed E-state index contributed by atoms with van der Waals surface area (Å²) in [6.07, 6.45) is 0. The molecule has 0 aliphatic rings. The molecule has 2 aromatic rings. The first kappa shape index (κ1) is 12.6. The van der Waals surface area contributed by atoms with Crippen LogP contribution in [0.2, 0.25) is 0 Å². The Hall–Kier alpha value is -1.89. The van der Waals surface area contributed by atoms with Crippen LogP contribution in [0.1, 0.15) is 22.1 Å². The number of hydrogen-bond acceptors (Lipinski definition) is 5. The second-order valence-electron chi connectivity index (χ2n) is 3.47. The van der Waals surface area contributed by atoms with Gasteiger partial charge in [-0.15, -0.1) is 0 Å². The van der Waals surface area contributed by atoms with Gasteiger partial charge in [0.2, 0.25) is 11.7 Å². The number of rotatable bonds is 4. The third kappa shape index (κ3) is 2.86. The number of benzene rings is 1. The molecule has 0 aliphatic carbocycles. The Kier molecular flexibility index (Phi) is 3.61. The van der Waals surface area contributed by atoms with E-state index in [0.717, 1.165) is 0 Å². The predicted molar refractivity (Wildman–Crippen MR) is 64.5 cm³/mol. The number of aromatic nitrogens is 2. The minimum absolute atomic E-state index is 0.110. The maximum atomic E-state index is 10.8. The van der Waals surface area contributed by atoms with Crippen molar-refractivity contribution in [1.29, 1.82) is 0 Å². The number of carbonyl (C=O) groups is 1. The van der Waals surface area contributed by atoms with E-state index in [1.54, 1.807) is 13.0 Å². The molecule has 1 aromatic heterocycles. The van der Waals surface area contributed by atoms with Gasteiger partial charge in [0, 0.05) is 6.92 Å². The molecule has 0 saturated heterocycles. The molecule has 1 aromatic carbocycles. The van der Waals surface area contributed by atoms with Crippen LogP contribution >= 0.6 is 15.9 Å². The van der Waals surface area contributed by atoms with Gasteiger partial charge in [0.1, 0.15) is 5.75 Å². The van der Waals surface area contributed by atoms with E-state index in [1.807, 2.05) is 0 Å². The molecule has 0 spiro atoms. The van der Waals surface area contributed by atoms with E-state index in [2.05, 4.69) is 26.1 Å². The van der Waals surface area contributed by atoms with E-state index in [9.17, 15) is 4.79 Å². The molecule has 0 bridgehead atoms. The van der Waals surface area contributed by atoms with Gasteiger partial charge in [-0.3, -0.25) is 0 Å². The Morgan fingerprint density at radius 2 is 2.33 bits per heavy atom. The van der Waals surface area contributed by atoms with Crippen LogP contribution in [-0.4, -0.2) is 21.2 Å². The van der Waals surface area contributed by atoms with Crippen molar-refractivity contribution in [2.45, 2.75) is 13.5 Å². The quantitative estimate of drug-likeness (QED) is 0.933. The standard InChI is InChI=1S/C11H9BrN2O4/c1-6-13-10(14-18-6)5-17-9-4-7(11(15)16)2-3-8(9)12/h2-4H,5H2,1H3,(H,15,16). The maximum Gasteiger partial charge on any atom is 0.335 e.